The molecule has 1 aromatic heterocycles. The number of nitrogens with zero attached hydrogens (tertiary/aromatic N) is 3. The summed E-state index contributed by atoms with van der Waals surface area (Å²) in [6.07, 6.45) is -3.82. The summed E-state index contributed by atoms with van der Waals surface area (Å²) in [6, 6.07) is 2.91. The third-order valence-electron chi connectivity index (χ3n) is 2.54. The van der Waals surface area contributed by atoms with Gasteiger partial charge in [-0.25, -0.2) is 4.79 Å². The van der Waals surface area contributed by atoms with E-state index in [1.807, 2.05) is 0 Å². The highest BCUT2D eigenvalue weighted by molar-refractivity contribution is 5.93. The van der Waals surface area contributed by atoms with Gasteiger partial charge in [-0.2, -0.15) is 5.10 Å². The van der Waals surface area contributed by atoms with Crippen molar-refractivity contribution in [2.24, 2.45) is 10.2 Å². The van der Waals surface area contributed by atoms with Crippen LogP contribution >= 0.6 is 0 Å². The van der Waals surface area contributed by atoms with Crippen LogP contribution in [0.5, 0.6) is 11.5 Å². The van der Waals surface area contributed by atoms with Crippen molar-refractivity contribution in [3.05, 3.63) is 30.0 Å². The van der Waals surface area contributed by atoms with Gasteiger partial charge in [-0.15, -0.1) is 23.4 Å². The fourth-order valence-corrected chi connectivity index (χ4v) is 1.61. The molecule has 0 aliphatic heterocycles. The summed E-state index contributed by atoms with van der Waals surface area (Å²) in [6.45, 7) is 1.73. The topological polar surface area (TPSA) is 109 Å². The number of hydrogen-bond donors (Lipinski definition) is 2. The van der Waals surface area contributed by atoms with E-state index in [1.54, 1.807) is 6.92 Å². The molecule has 0 atom stereocenters. The van der Waals surface area contributed by atoms with E-state index in [0.717, 1.165) is 24.4 Å². The number of aromatic amines is 1. The Morgan fingerprint density at radius 2 is 2.12 bits per heavy atom. The molecular formula is C13H11F3N4O4. The van der Waals surface area contributed by atoms with Crippen LogP contribution in [0.25, 0.3) is 0 Å². The van der Waals surface area contributed by atoms with Gasteiger partial charge in [0.25, 0.3) is 0 Å². The Bertz CT molecular complexity index is 758. The van der Waals surface area contributed by atoms with Gasteiger partial charge in [-0.3, -0.25) is 5.10 Å². The second-order valence-electron chi connectivity index (χ2n) is 4.25. The van der Waals surface area contributed by atoms with Crippen molar-refractivity contribution in [2.45, 2.75) is 13.3 Å². The lowest BCUT2D eigenvalue weighted by Gasteiger charge is -2.10. The lowest BCUT2D eigenvalue weighted by molar-refractivity contribution is -0.274. The Morgan fingerprint density at radius 1 is 1.38 bits per heavy atom. The molecule has 0 aliphatic carbocycles. The molecule has 24 heavy (non-hydrogen) atoms. The Morgan fingerprint density at radius 3 is 2.79 bits per heavy atom. The van der Waals surface area contributed by atoms with E-state index in [9.17, 15) is 23.1 Å². The van der Waals surface area contributed by atoms with Crippen LogP contribution < -0.4 is 4.74 Å². The first kappa shape index (κ1) is 17.2. The fraction of sp³-hybridized carbons (Fsp3) is 0.231. The van der Waals surface area contributed by atoms with E-state index in [-0.39, 0.29) is 23.7 Å². The molecule has 0 bridgehead atoms. The summed E-state index contributed by atoms with van der Waals surface area (Å²) in [5.74, 6) is -2.00. The first-order chi connectivity index (χ1) is 11.3. The first-order valence-corrected chi connectivity index (χ1v) is 6.51. The Balaban J connectivity index is 2.30. The number of phenolic OH excluding ortho intramolecular Hbond substituents is 1. The Kier molecular flexibility index (Phi) is 5.02. The van der Waals surface area contributed by atoms with Crippen molar-refractivity contribution in [1.82, 2.24) is 10.2 Å². The quantitative estimate of drug-likeness (QED) is 0.636. The van der Waals surface area contributed by atoms with Crippen LogP contribution in [-0.2, 0) is 4.74 Å². The fourth-order valence-electron chi connectivity index (χ4n) is 1.61. The van der Waals surface area contributed by atoms with E-state index in [0.29, 0.717) is 0 Å². The number of aromatic hydroxyl groups is 1. The second kappa shape index (κ2) is 6.98. The van der Waals surface area contributed by atoms with Crippen molar-refractivity contribution in [2.75, 3.05) is 6.61 Å². The highest BCUT2D eigenvalue weighted by Gasteiger charge is 2.32. The zero-order valence-electron chi connectivity index (χ0n) is 12.2. The minimum Gasteiger partial charge on any atom is -0.508 e. The molecule has 2 rings (SSSR count). The molecule has 128 valence electrons. The summed E-state index contributed by atoms with van der Waals surface area (Å²) in [7, 11) is 0. The molecule has 11 heteroatoms. The second-order valence-corrected chi connectivity index (χ2v) is 4.25. The number of H-pyrrole nitrogens is 1. The van der Waals surface area contributed by atoms with Crippen LogP contribution in [0, 0.1) is 0 Å². The van der Waals surface area contributed by atoms with Crippen LogP contribution in [0.1, 0.15) is 17.3 Å². The van der Waals surface area contributed by atoms with Crippen LogP contribution in [0.4, 0.5) is 24.7 Å². The molecule has 8 nitrogen and oxygen atoms in total. The van der Waals surface area contributed by atoms with Crippen molar-refractivity contribution < 1.29 is 32.5 Å². The molecule has 0 saturated heterocycles. The van der Waals surface area contributed by atoms with Gasteiger partial charge in [-0.05, 0) is 19.1 Å². The number of carbonyl (C=O) groups is 1. The smallest absolute Gasteiger partial charge is 0.508 e. The molecule has 0 amide bonds. The average molecular weight is 344 g/mol. The molecule has 2 N–H and O–H groups in total. The van der Waals surface area contributed by atoms with Gasteiger partial charge in [0.1, 0.15) is 17.0 Å². The summed E-state index contributed by atoms with van der Waals surface area (Å²) in [5, 5.41) is 22.5. The number of ether oxygens (including phenoxy) is 2. The number of aromatic nitrogens is 2. The lowest BCUT2D eigenvalue weighted by Crippen LogP contribution is -2.17. The van der Waals surface area contributed by atoms with Crippen molar-refractivity contribution in [3.8, 4) is 11.5 Å². The van der Waals surface area contributed by atoms with Gasteiger partial charge >= 0.3 is 12.3 Å². The summed E-state index contributed by atoms with van der Waals surface area (Å²) in [4.78, 5) is 11.6. The molecule has 0 radical (unpaired) electrons. The maximum Gasteiger partial charge on any atom is 0.573 e. The molecule has 1 heterocycles. The number of alkyl halides is 3. The minimum absolute atomic E-state index is 0.0299. The van der Waals surface area contributed by atoms with Crippen LogP contribution in [0.2, 0.25) is 0 Å². The van der Waals surface area contributed by atoms with Crippen LogP contribution in [0.3, 0.4) is 0 Å². The highest BCUT2D eigenvalue weighted by Crippen LogP contribution is 2.36. The number of carbonyl (C=O) groups excluding carboxylic acids is 1. The van der Waals surface area contributed by atoms with E-state index in [4.69, 9.17) is 4.74 Å². The lowest BCUT2D eigenvalue weighted by atomic mass is 10.3. The normalized spacial score (nSPS) is 11.7. The molecule has 1 aromatic carbocycles. The average Bonchev–Trinajstić information content (AvgIpc) is 2.93. The zero-order chi connectivity index (χ0) is 17.7. The number of hydrogen-bond acceptors (Lipinski definition) is 7. The number of esters is 1. The predicted octanol–water partition coefficient (Wildman–Crippen LogP) is 3.61. The summed E-state index contributed by atoms with van der Waals surface area (Å²) in [5.41, 5.74) is -0.341. The Hall–Kier alpha value is -3.11. The number of azo groups is 1. The van der Waals surface area contributed by atoms with Gasteiger partial charge < -0.3 is 14.6 Å². The van der Waals surface area contributed by atoms with Gasteiger partial charge in [0.15, 0.2) is 11.6 Å². The molecule has 0 saturated carbocycles. The third-order valence-corrected chi connectivity index (χ3v) is 2.54. The molecule has 2 aromatic rings. The third kappa shape index (κ3) is 4.44. The predicted molar refractivity (Wildman–Crippen MR) is 73.5 cm³/mol. The number of rotatable bonds is 5. The molecular weight excluding hydrogens is 333 g/mol. The highest BCUT2D eigenvalue weighted by atomic mass is 19.4. The van der Waals surface area contributed by atoms with Crippen LogP contribution in [0.15, 0.2) is 34.6 Å². The number of phenols is 1. The van der Waals surface area contributed by atoms with Gasteiger partial charge in [-0.1, -0.05) is 0 Å². The SMILES string of the molecule is CCOC(=O)c1cn[nH]c1N=Nc1ccc(O)cc1OC(F)(F)F. The maximum absolute atomic E-state index is 12.4. The number of benzene rings is 1. The van der Waals surface area contributed by atoms with Gasteiger partial charge in [0.05, 0.1) is 12.8 Å². The number of nitrogens with one attached hydrogen (secondary N) is 1. The van der Waals surface area contributed by atoms with Crippen molar-refractivity contribution in [3.63, 3.8) is 0 Å². The van der Waals surface area contributed by atoms with E-state index in [1.165, 1.54) is 0 Å². The monoisotopic (exact) mass is 344 g/mol. The molecule has 0 unspecified atom stereocenters. The standard InChI is InChI=1S/C13H11F3N4O4/c1-2-23-12(22)8-6-17-19-11(8)20-18-9-4-3-7(21)5-10(9)24-13(14,15)16/h3-6,21H,2H2,1H3,(H,17,19). The van der Waals surface area contributed by atoms with E-state index >= 15 is 0 Å². The van der Waals surface area contributed by atoms with Gasteiger partial charge in [0, 0.05) is 6.07 Å². The van der Waals surface area contributed by atoms with Gasteiger partial charge in [0.2, 0.25) is 0 Å². The molecule has 0 spiro atoms. The summed E-state index contributed by atoms with van der Waals surface area (Å²) < 4.78 is 45.6. The number of halogens is 3. The Labute approximate surface area is 132 Å². The van der Waals surface area contributed by atoms with Crippen LogP contribution in [-0.4, -0.2) is 34.2 Å². The first-order valence-electron chi connectivity index (χ1n) is 6.51. The summed E-state index contributed by atoms with van der Waals surface area (Å²) >= 11 is 0. The van der Waals surface area contributed by atoms with E-state index < -0.39 is 23.8 Å². The largest absolute Gasteiger partial charge is 0.573 e. The van der Waals surface area contributed by atoms with Crippen molar-refractivity contribution in [1.29, 1.82) is 0 Å². The minimum atomic E-state index is -4.97. The van der Waals surface area contributed by atoms with E-state index in [2.05, 4.69) is 25.2 Å². The zero-order valence-corrected chi connectivity index (χ0v) is 12.2. The van der Waals surface area contributed by atoms with Crippen molar-refractivity contribution >= 4 is 17.5 Å². The maximum atomic E-state index is 12.4. The molecule has 0 fully saturated rings. The molecule has 0 aliphatic rings.